The van der Waals surface area contributed by atoms with E-state index in [0.717, 1.165) is 22.9 Å². The fourth-order valence-electron chi connectivity index (χ4n) is 3.61. The summed E-state index contributed by atoms with van der Waals surface area (Å²) in [5, 5.41) is 18.1. The van der Waals surface area contributed by atoms with Crippen LogP contribution in [0.1, 0.15) is 69.3 Å². The Morgan fingerprint density at radius 2 is 1.97 bits per heavy atom. The smallest absolute Gasteiger partial charge is 0.168 e. The minimum absolute atomic E-state index is 0.514. The molecule has 156 valence electrons. The molecule has 0 aliphatic heterocycles. The molecule has 2 aliphatic rings. The van der Waals surface area contributed by atoms with Gasteiger partial charge in [0.25, 0.3) is 0 Å². The van der Waals surface area contributed by atoms with Gasteiger partial charge < -0.3 is 15.2 Å². The molecule has 0 bridgehead atoms. The number of nitrogens with zero attached hydrogens (tertiary/aromatic N) is 4. The third-order valence-corrected chi connectivity index (χ3v) is 5.76. The van der Waals surface area contributed by atoms with Gasteiger partial charge >= 0.3 is 0 Å². The quantitative estimate of drug-likeness (QED) is 0.573. The van der Waals surface area contributed by atoms with Crippen LogP contribution in [0, 0.1) is 0 Å². The van der Waals surface area contributed by atoms with Crippen molar-refractivity contribution in [2.45, 2.75) is 63.5 Å². The Morgan fingerprint density at radius 3 is 2.60 bits per heavy atom. The van der Waals surface area contributed by atoms with Gasteiger partial charge in [0.1, 0.15) is 22.9 Å². The summed E-state index contributed by atoms with van der Waals surface area (Å²) in [4.78, 5) is 8.71. The normalized spacial score (nSPS) is 16.9. The van der Waals surface area contributed by atoms with Crippen molar-refractivity contribution in [2.24, 2.45) is 0 Å². The summed E-state index contributed by atoms with van der Waals surface area (Å²) in [6.45, 7) is 3.43. The lowest BCUT2D eigenvalue weighted by Gasteiger charge is -2.24. The van der Waals surface area contributed by atoms with E-state index in [1.54, 1.807) is 32.3 Å². The number of hydrogen-bond donors (Lipinski definition) is 2. The zero-order valence-electron chi connectivity index (χ0n) is 17.4. The van der Waals surface area contributed by atoms with Crippen LogP contribution in [0.25, 0.3) is 0 Å². The number of aliphatic hydroxyl groups is 1. The molecule has 7 nitrogen and oxygen atoms in total. The Balaban J connectivity index is 1.33. The maximum absolute atomic E-state index is 10.1. The van der Waals surface area contributed by atoms with Gasteiger partial charge in [0.15, 0.2) is 5.75 Å². The summed E-state index contributed by atoms with van der Waals surface area (Å²) in [6, 6.07) is 7.96. The number of nitrogens with one attached hydrogen (secondary N) is 1. The average Bonchev–Trinajstić information content (AvgIpc) is 3.44. The molecule has 30 heavy (non-hydrogen) atoms. The summed E-state index contributed by atoms with van der Waals surface area (Å²) >= 11 is 0. The maximum atomic E-state index is 10.1. The molecule has 0 unspecified atom stereocenters. The van der Waals surface area contributed by atoms with E-state index < -0.39 is 5.60 Å². The predicted molar refractivity (Wildman–Crippen MR) is 114 cm³/mol. The molecule has 3 aromatic rings. The van der Waals surface area contributed by atoms with Crippen LogP contribution in [0.4, 0.5) is 11.5 Å². The van der Waals surface area contributed by atoms with Gasteiger partial charge in [-0.3, -0.25) is 9.67 Å². The van der Waals surface area contributed by atoms with E-state index in [-0.39, 0.29) is 0 Å². The van der Waals surface area contributed by atoms with Gasteiger partial charge in [-0.1, -0.05) is 6.42 Å². The van der Waals surface area contributed by atoms with Gasteiger partial charge in [-0.15, -0.1) is 0 Å². The molecule has 5 rings (SSSR count). The molecule has 2 fully saturated rings. The average molecular weight is 406 g/mol. The monoisotopic (exact) mass is 405 g/mol. The fraction of sp³-hybridized carbons (Fsp3) is 0.435. The Morgan fingerprint density at radius 1 is 1.13 bits per heavy atom. The number of ether oxygens (including phenoxy) is 1. The first-order chi connectivity index (χ1) is 14.5. The first-order valence-electron chi connectivity index (χ1n) is 10.6. The Bertz CT molecular complexity index is 1030. The summed E-state index contributed by atoms with van der Waals surface area (Å²) < 4.78 is 8.34. The van der Waals surface area contributed by atoms with Gasteiger partial charge in [-0.25, -0.2) is 4.98 Å². The van der Waals surface area contributed by atoms with Crippen molar-refractivity contribution < 1.29 is 9.84 Å². The molecule has 0 amide bonds. The van der Waals surface area contributed by atoms with E-state index >= 15 is 0 Å². The fourth-order valence-corrected chi connectivity index (χ4v) is 3.61. The first kappa shape index (κ1) is 19.1. The van der Waals surface area contributed by atoms with Crippen LogP contribution in [0.2, 0.25) is 0 Å². The van der Waals surface area contributed by atoms with Crippen molar-refractivity contribution in [3.05, 3.63) is 54.2 Å². The highest BCUT2D eigenvalue weighted by atomic mass is 16.5. The van der Waals surface area contributed by atoms with Gasteiger partial charge in [-0.05, 0) is 57.7 Å². The molecule has 2 N–H and O–H groups in total. The van der Waals surface area contributed by atoms with E-state index in [1.807, 2.05) is 18.2 Å². The summed E-state index contributed by atoms with van der Waals surface area (Å²) in [7, 11) is 0. The third kappa shape index (κ3) is 4.03. The lowest BCUT2D eigenvalue weighted by atomic mass is 9.83. The van der Waals surface area contributed by atoms with Crippen LogP contribution in [-0.4, -0.2) is 24.9 Å². The molecule has 0 aromatic carbocycles. The molecule has 0 radical (unpaired) electrons. The molecule has 0 spiro atoms. The van der Waals surface area contributed by atoms with E-state index in [2.05, 4.69) is 26.2 Å². The Hall–Kier alpha value is -2.93. The molecular weight excluding hydrogens is 378 g/mol. The second-order valence-corrected chi connectivity index (χ2v) is 8.81. The van der Waals surface area contributed by atoms with Crippen LogP contribution < -0.4 is 10.1 Å². The van der Waals surface area contributed by atoms with Gasteiger partial charge in [0.05, 0.1) is 29.8 Å². The Labute approximate surface area is 176 Å². The van der Waals surface area contributed by atoms with Crippen molar-refractivity contribution in [2.75, 3.05) is 5.32 Å². The lowest BCUT2D eigenvalue weighted by Crippen LogP contribution is -2.17. The Kier molecular flexibility index (Phi) is 4.70. The lowest BCUT2D eigenvalue weighted by molar-refractivity contribution is 0.0739. The van der Waals surface area contributed by atoms with Crippen LogP contribution in [0.5, 0.6) is 11.5 Å². The molecule has 0 atom stereocenters. The van der Waals surface area contributed by atoms with Crippen LogP contribution >= 0.6 is 0 Å². The number of hydrogen-bond acceptors (Lipinski definition) is 6. The summed E-state index contributed by atoms with van der Waals surface area (Å²) in [5.74, 6) is 2.77. The SMILES string of the molecule is CC(C)(O)c1ccc(Nc2cc(Oc3cn(C4CC4)nc3C3CCC3)ccn2)cn1. The van der Waals surface area contributed by atoms with Crippen LogP contribution in [0.15, 0.2) is 42.9 Å². The van der Waals surface area contributed by atoms with Crippen molar-refractivity contribution in [1.82, 2.24) is 19.7 Å². The molecule has 2 saturated carbocycles. The van der Waals surface area contributed by atoms with Gasteiger partial charge in [-0.2, -0.15) is 5.10 Å². The van der Waals surface area contributed by atoms with E-state index in [1.165, 1.54) is 32.1 Å². The third-order valence-electron chi connectivity index (χ3n) is 5.76. The van der Waals surface area contributed by atoms with Crippen molar-refractivity contribution in [3.63, 3.8) is 0 Å². The highest BCUT2D eigenvalue weighted by Crippen LogP contribution is 2.44. The van der Waals surface area contributed by atoms with E-state index in [9.17, 15) is 5.11 Å². The summed E-state index contributed by atoms with van der Waals surface area (Å²) in [5.41, 5.74) is 1.54. The number of anilines is 2. The largest absolute Gasteiger partial charge is 0.454 e. The van der Waals surface area contributed by atoms with E-state index in [4.69, 9.17) is 9.84 Å². The molecule has 3 heterocycles. The van der Waals surface area contributed by atoms with Crippen molar-refractivity contribution in [1.29, 1.82) is 0 Å². The number of rotatable bonds is 7. The first-order valence-corrected chi connectivity index (χ1v) is 10.6. The standard InChI is InChI=1S/C23H27N5O2/c1-23(2,29)20-9-6-16(13-25-20)26-21-12-18(10-11-24-21)30-19-14-28(17-7-8-17)27-22(19)15-4-3-5-15/h6,9-15,17,29H,3-5,7-8H2,1-2H3,(H,24,26). The molecule has 7 heteroatoms. The predicted octanol–water partition coefficient (Wildman–Crippen LogP) is 5.04. The van der Waals surface area contributed by atoms with Crippen LogP contribution in [-0.2, 0) is 5.60 Å². The van der Waals surface area contributed by atoms with Crippen molar-refractivity contribution in [3.8, 4) is 11.5 Å². The highest BCUT2D eigenvalue weighted by Gasteiger charge is 2.31. The second kappa shape index (κ2) is 7.40. The van der Waals surface area contributed by atoms with Crippen molar-refractivity contribution >= 4 is 11.5 Å². The molecular formula is C23H27N5O2. The highest BCUT2D eigenvalue weighted by molar-refractivity contribution is 5.56. The minimum atomic E-state index is -0.965. The molecule has 2 aliphatic carbocycles. The minimum Gasteiger partial charge on any atom is -0.454 e. The molecule has 0 saturated heterocycles. The topological polar surface area (TPSA) is 85.1 Å². The van der Waals surface area contributed by atoms with Gasteiger partial charge in [0.2, 0.25) is 0 Å². The molecule has 3 aromatic heterocycles. The second-order valence-electron chi connectivity index (χ2n) is 8.81. The van der Waals surface area contributed by atoms with Crippen LogP contribution in [0.3, 0.4) is 0 Å². The van der Waals surface area contributed by atoms with E-state index in [0.29, 0.717) is 23.5 Å². The maximum Gasteiger partial charge on any atom is 0.168 e. The van der Waals surface area contributed by atoms with Gasteiger partial charge in [0, 0.05) is 18.2 Å². The number of pyridine rings is 2. The number of aromatic nitrogens is 4. The summed E-state index contributed by atoms with van der Waals surface area (Å²) in [6.07, 6.45) is 11.5. The zero-order chi connectivity index (χ0) is 20.7. The zero-order valence-corrected chi connectivity index (χ0v) is 17.4.